The number of fused-ring (bicyclic) bond motifs is 3. The minimum atomic E-state index is -0.852. The second-order valence-corrected chi connectivity index (χ2v) is 8.83. The van der Waals surface area contributed by atoms with Crippen molar-refractivity contribution < 1.29 is 29.0 Å². The molecule has 0 saturated heterocycles. The Kier molecular flexibility index (Phi) is 7.47. The average molecular weight is 467 g/mol. The molecule has 0 aliphatic heterocycles. The fourth-order valence-electron chi connectivity index (χ4n) is 4.57. The van der Waals surface area contributed by atoms with E-state index in [1.165, 1.54) is 11.1 Å². The van der Waals surface area contributed by atoms with E-state index in [1.54, 1.807) is 0 Å². The Morgan fingerprint density at radius 1 is 0.941 bits per heavy atom. The predicted molar refractivity (Wildman–Crippen MR) is 125 cm³/mol. The number of carboxylic acid groups (broad SMARTS) is 1. The summed E-state index contributed by atoms with van der Waals surface area (Å²) in [6, 6.07) is 16.3. The molecule has 2 amide bonds. The van der Waals surface area contributed by atoms with Gasteiger partial charge in [-0.2, -0.15) is 0 Å². The van der Waals surface area contributed by atoms with Crippen molar-refractivity contribution in [1.82, 2.24) is 10.6 Å². The third-order valence-corrected chi connectivity index (χ3v) is 6.72. The van der Waals surface area contributed by atoms with Gasteiger partial charge in [0.1, 0.15) is 6.61 Å². The van der Waals surface area contributed by atoms with Crippen molar-refractivity contribution >= 4 is 18.0 Å². The number of amides is 2. The molecule has 2 aromatic carbocycles. The lowest BCUT2D eigenvalue weighted by Crippen LogP contribution is -2.47. The molecule has 180 valence electrons. The van der Waals surface area contributed by atoms with Crippen LogP contribution in [0.5, 0.6) is 0 Å². The van der Waals surface area contributed by atoms with E-state index in [1.807, 2.05) is 24.3 Å². The summed E-state index contributed by atoms with van der Waals surface area (Å²) in [7, 11) is 0. The topological polar surface area (TPSA) is 114 Å². The first-order valence-electron chi connectivity index (χ1n) is 11.7. The Morgan fingerprint density at radius 2 is 1.59 bits per heavy atom. The summed E-state index contributed by atoms with van der Waals surface area (Å²) in [6.07, 6.45) is 1.70. The number of hydrogen-bond donors (Lipinski definition) is 3. The fraction of sp³-hybridized carbons (Fsp3) is 0.423. The number of carbonyl (C=O) groups excluding carboxylic acids is 2. The zero-order valence-corrected chi connectivity index (χ0v) is 19.0. The largest absolute Gasteiger partial charge is 0.481 e. The van der Waals surface area contributed by atoms with E-state index >= 15 is 0 Å². The zero-order valence-electron chi connectivity index (χ0n) is 19.0. The van der Waals surface area contributed by atoms with Gasteiger partial charge in [-0.1, -0.05) is 55.0 Å². The molecule has 8 nitrogen and oxygen atoms in total. The number of ether oxygens (including phenoxy) is 2. The number of alkyl carbamates (subject to hydrolysis) is 1. The summed E-state index contributed by atoms with van der Waals surface area (Å²) in [4.78, 5) is 35.4. The smallest absolute Gasteiger partial charge is 0.407 e. The van der Waals surface area contributed by atoms with Crippen molar-refractivity contribution in [2.75, 3.05) is 32.9 Å². The van der Waals surface area contributed by atoms with Gasteiger partial charge in [0.2, 0.25) is 5.91 Å². The summed E-state index contributed by atoms with van der Waals surface area (Å²) in [5, 5.41) is 14.6. The molecule has 1 fully saturated rings. The number of rotatable bonds is 11. The molecule has 8 heteroatoms. The molecule has 1 saturated carbocycles. The molecule has 3 N–H and O–H groups in total. The number of hydrogen-bond acceptors (Lipinski definition) is 5. The standard InChI is InChI=1S/C26H30N2O6/c29-23(28-17-26(24(30)31)11-5-12-26)10-14-33-15-13-27-25(32)34-16-22-20-8-3-1-6-18(20)19-7-2-4-9-21(19)22/h1-4,6-9,22H,5,10-17H2,(H,27,32)(H,28,29)(H,30,31). The Hall–Kier alpha value is -3.39. The van der Waals surface area contributed by atoms with Crippen LogP contribution in [0.2, 0.25) is 0 Å². The van der Waals surface area contributed by atoms with Crippen molar-refractivity contribution in [2.24, 2.45) is 5.41 Å². The first-order valence-corrected chi connectivity index (χ1v) is 11.7. The SMILES string of the molecule is O=C(CCOCCNC(=O)OCC1c2ccccc2-c2ccccc21)NCC1(C(=O)O)CCC1. The number of aliphatic carboxylic acids is 1. The molecule has 34 heavy (non-hydrogen) atoms. The predicted octanol–water partition coefficient (Wildman–Crippen LogP) is 3.30. The monoisotopic (exact) mass is 466 g/mol. The molecular formula is C26H30N2O6. The van der Waals surface area contributed by atoms with E-state index in [0.29, 0.717) is 12.8 Å². The first kappa shape index (κ1) is 23.8. The van der Waals surface area contributed by atoms with Gasteiger partial charge in [-0.05, 0) is 35.1 Å². The van der Waals surface area contributed by atoms with Crippen molar-refractivity contribution in [3.8, 4) is 11.1 Å². The van der Waals surface area contributed by atoms with Gasteiger partial charge in [-0.3, -0.25) is 9.59 Å². The highest BCUT2D eigenvalue weighted by Crippen LogP contribution is 2.44. The number of carboxylic acids is 1. The van der Waals surface area contributed by atoms with Gasteiger partial charge < -0.3 is 25.2 Å². The Morgan fingerprint density at radius 3 is 2.18 bits per heavy atom. The Bertz CT molecular complexity index is 1000. The molecule has 4 rings (SSSR count). The highest BCUT2D eigenvalue weighted by Gasteiger charge is 2.44. The summed E-state index contributed by atoms with van der Waals surface area (Å²) < 4.78 is 10.9. The molecule has 0 radical (unpaired) electrons. The maximum absolute atomic E-state index is 12.1. The van der Waals surface area contributed by atoms with Crippen LogP contribution in [0.25, 0.3) is 11.1 Å². The van der Waals surface area contributed by atoms with Gasteiger partial charge in [0.25, 0.3) is 0 Å². The summed E-state index contributed by atoms with van der Waals surface area (Å²) >= 11 is 0. The van der Waals surface area contributed by atoms with Crippen LogP contribution >= 0.6 is 0 Å². The molecule has 2 aliphatic carbocycles. The van der Waals surface area contributed by atoms with Gasteiger partial charge in [-0.25, -0.2) is 4.79 Å². The Labute approximate surface area is 198 Å². The minimum Gasteiger partial charge on any atom is -0.481 e. The van der Waals surface area contributed by atoms with Crippen LogP contribution in [0.4, 0.5) is 4.79 Å². The van der Waals surface area contributed by atoms with Gasteiger partial charge in [-0.15, -0.1) is 0 Å². The van der Waals surface area contributed by atoms with E-state index in [0.717, 1.165) is 17.5 Å². The maximum atomic E-state index is 12.1. The number of carbonyl (C=O) groups is 3. The zero-order chi connectivity index (χ0) is 24.0. The van der Waals surface area contributed by atoms with E-state index in [-0.39, 0.29) is 51.2 Å². The summed E-state index contributed by atoms with van der Waals surface area (Å²) in [6.45, 7) is 1.11. The summed E-state index contributed by atoms with van der Waals surface area (Å²) in [5.41, 5.74) is 3.86. The van der Waals surface area contributed by atoms with Crippen molar-refractivity contribution in [1.29, 1.82) is 0 Å². The van der Waals surface area contributed by atoms with Crippen LogP contribution in [-0.4, -0.2) is 56.0 Å². The van der Waals surface area contributed by atoms with Crippen LogP contribution in [0.3, 0.4) is 0 Å². The number of nitrogens with one attached hydrogen (secondary N) is 2. The molecular weight excluding hydrogens is 436 g/mol. The minimum absolute atomic E-state index is 0.00751. The van der Waals surface area contributed by atoms with Crippen LogP contribution in [0, 0.1) is 5.41 Å². The normalized spacial score (nSPS) is 15.5. The van der Waals surface area contributed by atoms with Gasteiger partial charge >= 0.3 is 12.1 Å². The van der Waals surface area contributed by atoms with Crippen LogP contribution in [-0.2, 0) is 19.1 Å². The van der Waals surface area contributed by atoms with Crippen LogP contribution < -0.4 is 10.6 Å². The third kappa shape index (κ3) is 5.22. The molecule has 0 unspecified atom stereocenters. The molecule has 0 spiro atoms. The quantitative estimate of drug-likeness (QED) is 0.438. The van der Waals surface area contributed by atoms with Gasteiger partial charge in [0.15, 0.2) is 0 Å². The highest BCUT2D eigenvalue weighted by atomic mass is 16.5. The van der Waals surface area contributed by atoms with Crippen molar-refractivity contribution in [3.63, 3.8) is 0 Å². The van der Waals surface area contributed by atoms with Crippen molar-refractivity contribution in [3.05, 3.63) is 59.7 Å². The summed E-state index contributed by atoms with van der Waals surface area (Å²) in [5.74, 6) is -1.08. The van der Waals surface area contributed by atoms with Gasteiger partial charge in [0, 0.05) is 25.4 Å². The molecule has 2 aliphatic rings. The van der Waals surface area contributed by atoms with E-state index in [2.05, 4.69) is 34.9 Å². The molecule has 2 aromatic rings. The average Bonchev–Trinajstić information content (AvgIpc) is 3.13. The number of benzene rings is 2. The molecule has 0 aromatic heterocycles. The molecule has 0 bridgehead atoms. The van der Waals surface area contributed by atoms with E-state index in [9.17, 15) is 19.5 Å². The first-order chi connectivity index (χ1) is 16.5. The van der Waals surface area contributed by atoms with E-state index in [4.69, 9.17) is 9.47 Å². The van der Waals surface area contributed by atoms with Gasteiger partial charge in [0.05, 0.1) is 18.6 Å². The second kappa shape index (κ2) is 10.7. The maximum Gasteiger partial charge on any atom is 0.407 e. The molecule has 0 heterocycles. The fourth-order valence-corrected chi connectivity index (χ4v) is 4.57. The second-order valence-electron chi connectivity index (χ2n) is 8.83. The molecule has 0 atom stereocenters. The van der Waals surface area contributed by atoms with Crippen molar-refractivity contribution in [2.45, 2.75) is 31.6 Å². The van der Waals surface area contributed by atoms with Crippen LogP contribution in [0.1, 0.15) is 42.7 Å². The van der Waals surface area contributed by atoms with Crippen LogP contribution in [0.15, 0.2) is 48.5 Å². The highest BCUT2D eigenvalue weighted by molar-refractivity contribution is 5.80. The van der Waals surface area contributed by atoms with E-state index < -0.39 is 17.5 Å². The third-order valence-electron chi connectivity index (χ3n) is 6.72. The lowest BCUT2D eigenvalue weighted by Gasteiger charge is -2.37. The lowest BCUT2D eigenvalue weighted by atomic mass is 9.69. The Balaban J connectivity index is 1.11. The lowest BCUT2D eigenvalue weighted by molar-refractivity contribution is -0.154.